The van der Waals surface area contributed by atoms with Gasteiger partial charge in [-0.3, -0.25) is 0 Å². The van der Waals surface area contributed by atoms with Gasteiger partial charge in [-0.2, -0.15) is 0 Å². The minimum Gasteiger partial charge on any atom is -0.378 e. The zero-order valence-corrected chi connectivity index (χ0v) is 19.6. The molecule has 0 saturated heterocycles. The Morgan fingerprint density at radius 1 is 1.31 bits per heavy atom. The Kier molecular flexibility index (Phi) is 8.15. The lowest BCUT2D eigenvalue weighted by Gasteiger charge is -2.54. The van der Waals surface area contributed by atoms with E-state index >= 15 is 0 Å². The molecule has 2 atom stereocenters. The molecule has 0 aliphatic heterocycles. The number of ether oxygens (including phenoxy) is 1. The molecule has 2 fully saturated rings. The first kappa shape index (κ1) is 21.9. The minimum atomic E-state index is 0. The molecule has 3 rings (SSSR count). The fraction of sp³-hybridized carbons (Fsp3) is 0.789. The third kappa shape index (κ3) is 4.52. The molecule has 0 aromatic carbocycles. The maximum atomic E-state index is 6.02. The molecule has 0 amide bonds. The van der Waals surface area contributed by atoms with Crippen LogP contribution in [0.2, 0.25) is 0 Å². The molecular weight excluding hydrogens is 459 g/mol. The van der Waals surface area contributed by atoms with Crippen molar-refractivity contribution in [2.75, 3.05) is 13.2 Å². The predicted molar refractivity (Wildman–Crippen MR) is 120 cm³/mol. The molecule has 1 aromatic heterocycles. The van der Waals surface area contributed by atoms with Crippen LogP contribution in [0.3, 0.4) is 0 Å². The quantitative estimate of drug-likeness (QED) is 0.356. The van der Waals surface area contributed by atoms with Crippen molar-refractivity contribution in [2.45, 2.75) is 78.5 Å². The van der Waals surface area contributed by atoms with Crippen LogP contribution in [-0.2, 0) is 11.3 Å². The molecule has 2 N–H and O–H groups in total. The number of aliphatic imine (C=N–C) groups is 1. The molecule has 148 valence electrons. The number of aromatic nitrogens is 1. The van der Waals surface area contributed by atoms with Crippen LogP contribution in [-0.4, -0.2) is 36.2 Å². The van der Waals surface area contributed by atoms with Crippen molar-refractivity contribution >= 4 is 41.3 Å². The average Bonchev–Trinajstić information content (AvgIpc) is 3.21. The fourth-order valence-electron chi connectivity index (χ4n) is 4.33. The Bertz CT molecular complexity index is 593. The van der Waals surface area contributed by atoms with E-state index in [4.69, 9.17) is 9.73 Å². The van der Waals surface area contributed by atoms with Gasteiger partial charge in [0.05, 0.1) is 18.3 Å². The lowest BCUT2D eigenvalue weighted by atomic mass is 9.60. The third-order valence-corrected chi connectivity index (χ3v) is 6.85. The normalized spacial score (nSPS) is 24.2. The van der Waals surface area contributed by atoms with E-state index in [0.29, 0.717) is 24.1 Å². The van der Waals surface area contributed by atoms with Gasteiger partial charge in [0, 0.05) is 29.5 Å². The number of rotatable bonds is 6. The van der Waals surface area contributed by atoms with Crippen LogP contribution in [0.25, 0.3) is 0 Å². The van der Waals surface area contributed by atoms with Gasteiger partial charge in [0.25, 0.3) is 0 Å². The van der Waals surface area contributed by atoms with Gasteiger partial charge in [0.15, 0.2) is 5.96 Å². The van der Waals surface area contributed by atoms with E-state index < -0.39 is 0 Å². The summed E-state index contributed by atoms with van der Waals surface area (Å²) in [5.74, 6) is 0.916. The number of nitrogens with one attached hydrogen (secondary N) is 2. The number of hydrogen-bond acceptors (Lipinski definition) is 4. The minimum absolute atomic E-state index is 0. The molecular formula is C19H33IN4OS. The molecule has 7 heteroatoms. The second kappa shape index (κ2) is 9.68. The second-order valence-corrected chi connectivity index (χ2v) is 8.55. The summed E-state index contributed by atoms with van der Waals surface area (Å²) in [5.41, 5.74) is 1.44. The highest BCUT2D eigenvalue weighted by Gasteiger charge is 2.56. The second-order valence-electron chi connectivity index (χ2n) is 7.26. The van der Waals surface area contributed by atoms with Crippen molar-refractivity contribution < 1.29 is 4.74 Å². The molecule has 1 spiro atoms. The van der Waals surface area contributed by atoms with Gasteiger partial charge in [-0.05, 0) is 47.0 Å². The largest absolute Gasteiger partial charge is 0.378 e. The zero-order valence-electron chi connectivity index (χ0n) is 16.4. The SMILES string of the molecule is CCNC(=NCc1nc(C)c(C)s1)NC1CC(OCC)C12CCCC2.I. The van der Waals surface area contributed by atoms with Crippen LogP contribution in [0.1, 0.15) is 61.5 Å². The standard InChI is InChI=1S/C19H32N4OS.HI/c1-5-20-18(21-12-17-22-13(3)14(4)25-17)23-15-11-16(24-6-2)19(15)9-7-8-10-19;/h15-16H,5-12H2,1-4H3,(H2,20,21,23);1H. The van der Waals surface area contributed by atoms with Crippen molar-refractivity contribution in [3.8, 4) is 0 Å². The highest BCUT2D eigenvalue weighted by atomic mass is 127. The van der Waals surface area contributed by atoms with E-state index in [1.54, 1.807) is 11.3 Å². The van der Waals surface area contributed by atoms with E-state index in [9.17, 15) is 0 Å². The van der Waals surface area contributed by atoms with E-state index in [1.807, 2.05) is 0 Å². The first-order valence-corrected chi connectivity index (χ1v) is 10.5. The molecule has 2 aliphatic carbocycles. The fourth-order valence-corrected chi connectivity index (χ4v) is 5.19. The Morgan fingerprint density at radius 3 is 2.62 bits per heavy atom. The van der Waals surface area contributed by atoms with Crippen molar-refractivity contribution in [1.29, 1.82) is 0 Å². The van der Waals surface area contributed by atoms with Crippen LogP contribution in [0, 0.1) is 19.3 Å². The van der Waals surface area contributed by atoms with Crippen LogP contribution < -0.4 is 10.6 Å². The van der Waals surface area contributed by atoms with Gasteiger partial charge < -0.3 is 15.4 Å². The summed E-state index contributed by atoms with van der Waals surface area (Å²) in [6.07, 6.45) is 6.72. The van der Waals surface area contributed by atoms with Crippen molar-refractivity contribution in [3.63, 3.8) is 0 Å². The Morgan fingerprint density at radius 2 is 2.04 bits per heavy atom. The topological polar surface area (TPSA) is 58.5 Å². The predicted octanol–water partition coefficient (Wildman–Crippen LogP) is 4.17. The molecule has 2 unspecified atom stereocenters. The lowest BCUT2D eigenvalue weighted by molar-refractivity contribution is -0.125. The molecule has 1 aromatic rings. The van der Waals surface area contributed by atoms with Crippen LogP contribution in [0.5, 0.6) is 0 Å². The first-order valence-electron chi connectivity index (χ1n) is 9.68. The van der Waals surface area contributed by atoms with Gasteiger partial charge in [0.1, 0.15) is 5.01 Å². The number of guanidine groups is 1. The summed E-state index contributed by atoms with van der Waals surface area (Å²) in [6.45, 7) is 10.7. The Balaban J connectivity index is 0.00000243. The summed E-state index contributed by atoms with van der Waals surface area (Å²) in [6, 6.07) is 0.476. The average molecular weight is 492 g/mol. The number of nitrogens with zero attached hydrogens (tertiary/aromatic N) is 2. The van der Waals surface area contributed by atoms with Crippen LogP contribution in [0.4, 0.5) is 0 Å². The highest BCUT2D eigenvalue weighted by molar-refractivity contribution is 14.0. The Labute approximate surface area is 178 Å². The summed E-state index contributed by atoms with van der Waals surface area (Å²) in [4.78, 5) is 10.7. The molecule has 0 bridgehead atoms. The molecule has 0 radical (unpaired) electrons. The van der Waals surface area contributed by atoms with E-state index in [0.717, 1.165) is 36.2 Å². The highest BCUT2D eigenvalue weighted by Crippen LogP contribution is 2.54. The number of halogens is 1. The number of thiazole rings is 1. The smallest absolute Gasteiger partial charge is 0.191 e. The molecule has 1 heterocycles. The van der Waals surface area contributed by atoms with Gasteiger partial charge in [0.2, 0.25) is 0 Å². The van der Waals surface area contributed by atoms with E-state index in [1.165, 1.54) is 30.6 Å². The van der Waals surface area contributed by atoms with Gasteiger partial charge >= 0.3 is 0 Å². The maximum Gasteiger partial charge on any atom is 0.191 e. The Hall–Kier alpha value is -0.410. The molecule has 5 nitrogen and oxygen atoms in total. The van der Waals surface area contributed by atoms with E-state index in [-0.39, 0.29) is 24.0 Å². The third-order valence-electron chi connectivity index (χ3n) is 5.79. The van der Waals surface area contributed by atoms with Gasteiger partial charge in [-0.15, -0.1) is 35.3 Å². The first-order chi connectivity index (χ1) is 12.1. The van der Waals surface area contributed by atoms with E-state index in [2.05, 4.69) is 43.3 Å². The van der Waals surface area contributed by atoms with Crippen LogP contribution >= 0.6 is 35.3 Å². The van der Waals surface area contributed by atoms with Crippen molar-refractivity contribution in [2.24, 2.45) is 10.4 Å². The monoisotopic (exact) mass is 492 g/mol. The van der Waals surface area contributed by atoms with Crippen molar-refractivity contribution in [1.82, 2.24) is 15.6 Å². The summed E-state index contributed by atoms with van der Waals surface area (Å²) in [7, 11) is 0. The molecule has 26 heavy (non-hydrogen) atoms. The van der Waals surface area contributed by atoms with Crippen molar-refractivity contribution in [3.05, 3.63) is 15.6 Å². The summed E-state index contributed by atoms with van der Waals surface area (Å²) >= 11 is 1.75. The van der Waals surface area contributed by atoms with Gasteiger partial charge in [-0.25, -0.2) is 9.98 Å². The van der Waals surface area contributed by atoms with Gasteiger partial charge in [-0.1, -0.05) is 12.8 Å². The maximum absolute atomic E-state index is 6.02. The summed E-state index contributed by atoms with van der Waals surface area (Å²) < 4.78 is 6.02. The molecule has 2 saturated carbocycles. The number of aryl methyl sites for hydroxylation is 2. The molecule has 2 aliphatic rings. The summed E-state index contributed by atoms with van der Waals surface area (Å²) in [5, 5.41) is 8.19. The van der Waals surface area contributed by atoms with Crippen LogP contribution in [0.15, 0.2) is 4.99 Å². The zero-order chi connectivity index (χ0) is 17.9. The number of hydrogen-bond donors (Lipinski definition) is 2. The lowest BCUT2D eigenvalue weighted by Crippen LogP contribution is -2.65.